The molecule has 1 saturated carbocycles. The van der Waals surface area contributed by atoms with Crippen molar-refractivity contribution in [3.05, 3.63) is 0 Å². The molecule has 1 aliphatic rings. The highest BCUT2D eigenvalue weighted by atomic mass is 16.5. The predicted molar refractivity (Wildman–Crippen MR) is 77.3 cm³/mol. The number of methoxy groups -OCH3 is 2. The third-order valence-electron chi connectivity index (χ3n) is 4.49. The molecule has 1 fully saturated rings. The molecular weight excluding hydrogens is 242 g/mol. The summed E-state index contributed by atoms with van der Waals surface area (Å²) >= 11 is 0. The van der Waals surface area contributed by atoms with Crippen molar-refractivity contribution in [1.29, 1.82) is 0 Å². The highest BCUT2D eigenvalue weighted by molar-refractivity contribution is 4.92. The fourth-order valence-corrected chi connectivity index (χ4v) is 3.04. The fraction of sp³-hybridized carbons (Fsp3) is 1.00. The highest BCUT2D eigenvalue weighted by Crippen LogP contribution is 2.41. The summed E-state index contributed by atoms with van der Waals surface area (Å²) in [4.78, 5) is 2.38. The first-order chi connectivity index (χ1) is 8.92. The normalized spacial score (nSPS) is 27.9. The van der Waals surface area contributed by atoms with E-state index in [2.05, 4.69) is 25.7 Å². The summed E-state index contributed by atoms with van der Waals surface area (Å²) in [5.74, 6) is 0.367. The number of hydrogen-bond acceptors (Lipinski definition) is 4. The third kappa shape index (κ3) is 4.71. The van der Waals surface area contributed by atoms with Gasteiger partial charge in [-0.05, 0) is 31.1 Å². The fourth-order valence-electron chi connectivity index (χ4n) is 3.04. The summed E-state index contributed by atoms with van der Waals surface area (Å²) in [6, 6.07) is 0.357. The van der Waals surface area contributed by atoms with Crippen molar-refractivity contribution in [3.63, 3.8) is 0 Å². The van der Waals surface area contributed by atoms with Crippen LogP contribution in [0.25, 0.3) is 0 Å². The Labute approximate surface area is 118 Å². The van der Waals surface area contributed by atoms with Gasteiger partial charge in [0, 0.05) is 33.4 Å². The second kappa shape index (κ2) is 7.58. The van der Waals surface area contributed by atoms with Gasteiger partial charge in [-0.15, -0.1) is 0 Å². The molecule has 0 spiro atoms. The van der Waals surface area contributed by atoms with Crippen molar-refractivity contribution in [1.82, 2.24) is 4.90 Å². The molecule has 0 amide bonds. The van der Waals surface area contributed by atoms with E-state index in [1.807, 2.05) is 0 Å². The zero-order valence-corrected chi connectivity index (χ0v) is 13.2. The Bertz CT molecular complexity index is 258. The van der Waals surface area contributed by atoms with Gasteiger partial charge < -0.3 is 14.6 Å². The molecule has 1 N–H and O–H groups in total. The summed E-state index contributed by atoms with van der Waals surface area (Å²) in [5.41, 5.74) is 0.0576. The molecule has 0 saturated heterocycles. The molecule has 1 rings (SSSR count). The van der Waals surface area contributed by atoms with E-state index >= 15 is 0 Å². The van der Waals surface area contributed by atoms with Crippen molar-refractivity contribution in [2.24, 2.45) is 11.3 Å². The number of ether oxygens (including phenoxy) is 2. The molecule has 0 heterocycles. The zero-order valence-electron chi connectivity index (χ0n) is 13.2. The first-order valence-corrected chi connectivity index (χ1v) is 7.32. The lowest BCUT2D eigenvalue weighted by molar-refractivity contribution is 0.0126. The van der Waals surface area contributed by atoms with Crippen molar-refractivity contribution in [3.8, 4) is 0 Å². The molecule has 3 unspecified atom stereocenters. The van der Waals surface area contributed by atoms with Crippen LogP contribution < -0.4 is 0 Å². The maximum Gasteiger partial charge on any atom is 0.0631 e. The number of rotatable bonds is 8. The Balaban J connectivity index is 2.56. The Morgan fingerprint density at radius 1 is 1.32 bits per heavy atom. The van der Waals surface area contributed by atoms with E-state index in [1.165, 1.54) is 0 Å². The average molecular weight is 273 g/mol. The summed E-state index contributed by atoms with van der Waals surface area (Å²) < 4.78 is 10.4. The minimum absolute atomic E-state index is 0.0576. The largest absolute Gasteiger partial charge is 0.392 e. The lowest BCUT2D eigenvalue weighted by Crippen LogP contribution is -2.44. The van der Waals surface area contributed by atoms with Crippen molar-refractivity contribution in [2.45, 2.75) is 45.8 Å². The lowest BCUT2D eigenvalue weighted by Gasteiger charge is -2.33. The molecular formula is C15H31NO3. The number of hydrogen-bond donors (Lipinski definition) is 1. The summed E-state index contributed by atoms with van der Waals surface area (Å²) in [7, 11) is 3.46. The van der Waals surface area contributed by atoms with Crippen molar-refractivity contribution in [2.75, 3.05) is 40.5 Å². The first-order valence-electron chi connectivity index (χ1n) is 7.32. The Morgan fingerprint density at radius 3 is 2.47 bits per heavy atom. The molecule has 0 aromatic carbocycles. The molecule has 0 radical (unpaired) electrons. The van der Waals surface area contributed by atoms with E-state index in [4.69, 9.17) is 9.47 Å². The minimum Gasteiger partial charge on any atom is -0.392 e. The number of nitrogens with zero attached hydrogens (tertiary/aromatic N) is 1. The van der Waals surface area contributed by atoms with Gasteiger partial charge in [-0.25, -0.2) is 0 Å². The van der Waals surface area contributed by atoms with E-state index < -0.39 is 0 Å². The van der Waals surface area contributed by atoms with Gasteiger partial charge in [-0.1, -0.05) is 13.8 Å². The van der Waals surface area contributed by atoms with E-state index in [9.17, 15) is 5.11 Å². The summed E-state index contributed by atoms with van der Waals surface area (Å²) in [5, 5.41) is 10.4. The van der Waals surface area contributed by atoms with Gasteiger partial charge in [-0.2, -0.15) is 0 Å². The molecule has 0 aromatic rings. The van der Waals surface area contributed by atoms with Crippen LogP contribution >= 0.6 is 0 Å². The van der Waals surface area contributed by atoms with Crippen molar-refractivity contribution >= 4 is 0 Å². The number of aliphatic hydroxyl groups is 1. The van der Waals surface area contributed by atoms with Gasteiger partial charge >= 0.3 is 0 Å². The Kier molecular flexibility index (Phi) is 6.74. The molecule has 19 heavy (non-hydrogen) atoms. The molecule has 4 heteroatoms. The van der Waals surface area contributed by atoms with Gasteiger partial charge in [0.05, 0.1) is 19.3 Å². The molecule has 0 aliphatic heterocycles. The van der Waals surface area contributed by atoms with E-state index in [0.717, 1.165) is 39.1 Å². The Morgan fingerprint density at radius 2 is 2.00 bits per heavy atom. The van der Waals surface area contributed by atoms with Gasteiger partial charge in [0.2, 0.25) is 0 Å². The van der Waals surface area contributed by atoms with Crippen LogP contribution in [0.5, 0.6) is 0 Å². The highest BCUT2D eigenvalue weighted by Gasteiger charge is 2.41. The summed E-state index contributed by atoms with van der Waals surface area (Å²) in [6.07, 6.45) is 2.01. The predicted octanol–water partition coefficient (Wildman–Crippen LogP) is 1.77. The van der Waals surface area contributed by atoms with Gasteiger partial charge in [0.15, 0.2) is 0 Å². The first kappa shape index (κ1) is 16.9. The van der Waals surface area contributed by atoms with Crippen LogP contribution in [0.3, 0.4) is 0 Å². The third-order valence-corrected chi connectivity index (χ3v) is 4.49. The van der Waals surface area contributed by atoms with Crippen LogP contribution in [-0.2, 0) is 9.47 Å². The summed E-state index contributed by atoms with van der Waals surface area (Å²) in [6.45, 7) is 9.76. The van der Waals surface area contributed by atoms with Crippen molar-refractivity contribution < 1.29 is 14.6 Å². The van der Waals surface area contributed by atoms with Crippen LogP contribution in [0.1, 0.15) is 33.6 Å². The van der Waals surface area contributed by atoms with E-state index in [0.29, 0.717) is 12.0 Å². The quantitative estimate of drug-likeness (QED) is 0.732. The van der Waals surface area contributed by atoms with Crippen LogP contribution in [0.15, 0.2) is 0 Å². The van der Waals surface area contributed by atoms with Crippen LogP contribution in [0.4, 0.5) is 0 Å². The standard InChI is InChI=1S/C15H31NO3/c1-12(11-19-5)16(8-9-18-4)10-13-6-7-15(2,3)14(13)17/h12-14,17H,6-11H2,1-5H3. The maximum absolute atomic E-state index is 10.4. The van der Waals surface area contributed by atoms with Gasteiger partial charge in [0.25, 0.3) is 0 Å². The van der Waals surface area contributed by atoms with E-state index in [1.54, 1.807) is 14.2 Å². The average Bonchev–Trinajstić information content (AvgIpc) is 2.61. The van der Waals surface area contributed by atoms with Crippen LogP contribution in [0.2, 0.25) is 0 Å². The van der Waals surface area contributed by atoms with Gasteiger partial charge in [-0.3, -0.25) is 4.90 Å². The minimum atomic E-state index is -0.202. The van der Waals surface area contributed by atoms with Crippen LogP contribution in [0, 0.1) is 11.3 Å². The smallest absolute Gasteiger partial charge is 0.0631 e. The zero-order chi connectivity index (χ0) is 14.5. The Hall–Kier alpha value is -0.160. The second-order valence-corrected chi connectivity index (χ2v) is 6.52. The maximum atomic E-state index is 10.4. The molecule has 114 valence electrons. The van der Waals surface area contributed by atoms with Gasteiger partial charge in [0.1, 0.15) is 0 Å². The molecule has 4 nitrogen and oxygen atoms in total. The SMILES string of the molecule is COCCN(CC1CCC(C)(C)C1O)C(C)COC. The topological polar surface area (TPSA) is 41.9 Å². The monoisotopic (exact) mass is 273 g/mol. The second-order valence-electron chi connectivity index (χ2n) is 6.52. The molecule has 1 aliphatic carbocycles. The number of aliphatic hydroxyl groups excluding tert-OH is 1. The van der Waals surface area contributed by atoms with E-state index in [-0.39, 0.29) is 11.5 Å². The molecule has 0 bridgehead atoms. The molecule has 3 atom stereocenters. The van der Waals surface area contributed by atoms with Crippen LogP contribution in [-0.4, -0.2) is 62.7 Å². The lowest BCUT2D eigenvalue weighted by atomic mass is 9.87. The molecule has 0 aromatic heterocycles.